The van der Waals surface area contributed by atoms with Gasteiger partial charge in [-0.05, 0) is 25.3 Å². The van der Waals surface area contributed by atoms with E-state index < -0.39 is 0 Å². The highest BCUT2D eigenvalue weighted by Crippen LogP contribution is 2.11. The topological polar surface area (TPSA) is 88.6 Å². The number of nitrogens with zero attached hydrogens (tertiary/aromatic N) is 1. The zero-order valence-electron chi connectivity index (χ0n) is 12.7. The molecular weight excluding hydrogens is 306 g/mol. The van der Waals surface area contributed by atoms with Crippen LogP contribution < -0.4 is 11.1 Å². The van der Waals surface area contributed by atoms with Gasteiger partial charge < -0.3 is 20.4 Å². The lowest BCUT2D eigenvalue weighted by Crippen LogP contribution is -2.33. The minimum Gasteiger partial charge on any atom is -0.467 e. The van der Waals surface area contributed by atoms with Crippen LogP contribution in [0.2, 0.25) is 0 Å². The summed E-state index contributed by atoms with van der Waals surface area (Å²) in [6.07, 6.45) is 6.03. The van der Waals surface area contributed by atoms with Gasteiger partial charge in [0, 0.05) is 26.1 Å². The second-order valence-corrected chi connectivity index (χ2v) is 5.31. The summed E-state index contributed by atoms with van der Waals surface area (Å²) in [6, 6.07) is 1.65. The number of amides is 2. The smallest absolute Gasteiger partial charge is 0.254 e. The zero-order valence-corrected chi connectivity index (χ0v) is 13.5. The molecule has 0 aromatic carbocycles. The molecule has 0 unspecified atom stereocenters. The van der Waals surface area contributed by atoms with Crippen molar-refractivity contribution >= 4 is 24.2 Å². The maximum Gasteiger partial charge on any atom is 0.254 e. The highest BCUT2D eigenvalue weighted by atomic mass is 35.5. The van der Waals surface area contributed by atoms with E-state index in [1.807, 2.05) is 4.90 Å². The summed E-state index contributed by atoms with van der Waals surface area (Å²) in [5.41, 5.74) is 5.92. The normalized spacial score (nSPS) is 15.1. The lowest BCUT2D eigenvalue weighted by molar-refractivity contribution is -0.130. The number of halogens is 1. The molecule has 1 aliphatic heterocycles. The summed E-state index contributed by atoms with van der Waals surface area (Å²) in [5.74, 6) is 0.664. The van der Waals surface area contributed by atoms with Crippen molar-refractivity contribution in [2.24, 2.45) is 5.73 Å². The van der Waals surface area contributed by atoms with Crippen LogP contribution in [0.5, 0.6) is 0 Å². The van der Waals surface area contributed by atoms with Crippen molar-refractivity contribution in [3.05, 3.63) is 23.7 Å². The Morgan fingerprint density at radius 3 is 2.91 bits per heavy atom. The SMILES string of the molecule is Cl.NCc1cc(C(=O)NCCCN2CCCCCC2=O)co1. The molecule has 3 N–H and O–H groups in total. The second-order valence-electron chi connectivity index (χ2n) is 5.31. The summed E-state index contributed by atoms with van der Waals surface area (Å²) in [7, 11) is 0. The zero-order chi connectivity index (χ0) is 15.1. The van der Waals surface area contributed by atoms with Gasteiger partial charge in [0.25, 0.3) is 5.91 Å². The number of rotatable bonds is 6. The Labute approximate surface area is 136 Å². The maximum atomic E-state index is 11.9. The standard InChI is InChI=1S/C15H23N3O3.ClH/c16-10-13-9-12(11-21-13)15(20)17-6-4-8-18-7-3-1-2-5-14(18)19;/h9,11H,1-8,10,16H2,(H,17,20);1H. The van der Waals surface area contributed by atoms with Gasteiger partial charge in [-0.3, -0.25) is 9.59 Å². The molecule has 1 fully saturated rings. The molecule has 0 bridgehead atoms. The number of nitrogens with two attached hydrogens (primary N) is 1. The lowest BCUT2D eigenvalue weighted by Gasteiger charge is -2.20. The first-order chi connectivity index (χ1) is 10.2. The van der Waals surface area contributed by atoms with E-state index in [0.717, 1.165) is 32.2 Å². The summed E-state index contributed by atoms with van der Waals surface area (Å²) in [6.45, 7) is 2.38. The van der Waals surface area contributed by atoms with E-state index >= 15 is 0 Å². The van der Waals surface area contributed by atoms with Crippen molar-refractivity contribution in [1.29, 1.82) is 0 Å². The van der Waals surface area contributed by atoms with E-state index in [2.05, 4.69) is 5.32 Å². The fourth-order valence-electron chi connectivity index (χ4n) is 2.46. The predicted octanol–water partition coefficient (Wildman–Crippen LogP) is 1.68. The minimum absolute atomic E-state index is 0. The number of likely N-dealkylation sites (tertiary alicyclic amines) is 1. The molecule has 0 saturated carbocycles. The Morgan fingerprint density at radius 1 is 1.36 bits per heavy atom. The fourth-order valence-corrected chi connectivity index (χ4v) is 2.46. The molecule has 0 spiro atoms. The first-order valence-corrected chi connectivity index (χ1v) is 7.54. The van der Waals surface area contributed by atoms with Gasteiger partial charge in [-0.2, -0.15) is 0 Å². The van der Waals surface area contributed by atoms with Crippen LogP contribution >= 0.6 is 12.4 Å². The van der Waals surface area contributed by atoms with E-state index in [0.29, 0.717) is 30.8 Å². The summed E-state index contributed by atoms with van der Waals surface area (Å²) >= 11 is 0. The van der Waals surface area contributed by atoms with Gasteiger partial charge in [0.15, 0.2) is 0 Å². The van der Waals surface area contributed by atoms with Gasteiger partial charge in [-0.1, -0.05) is 6.42 Å². The maximum absolute atomic E-state index is 11.9. The molecule has 2 amide bonds. The highest BCUT2D eigenvalue weighted by Gasteiger charge is 2.16. The average molecular weight is 330 g/mol. The van der Waals surface area contributed by atoms with Crippen molar-refractivity contribution in [3.63, 3.8) is 0 Å². The average Bonchev–Trinajstić information content (AvgIpc) is 2.88. The molecule has 1 saturated heterocycles. The molecule has 7 heteroatoms. The van der Waals surface area contributed by atoms with E-state index in [1.165, 1.54) is 6.26 Å². The van der Waals surface area contributed by atoms with Gasteiger partial charge in [0.05, 0.1) is 12.1 Å². The van der Waals surface area contributed by atoms with Crippen LogP contribution in [0.4, 0.5) is 0 Å². The third-order valence-electron chi connectivity index (χ3n) is 3.68. The van der Waals surface area contributed by atoms with E-state index in [1.54, 1.807) is 6.07 Å². The van der Waals surface area contributed by atoms with Gasteiger partial charge in [0.1, 0.15) is 12.0 Å². The third-order valence-corrected chi connectivity index (χ3v) is 3.68. The molecule has 0 radical (unpaired) electrons. The highest BCUT2D eigenvalue weighted by molar-refractivity contribution is 5.93. The first kappa shape index (κ1) is 18.5. The molecule has 1 aromatic rings. The van der Waals surface area contributed by atoms with Crippen LogP contribution in [0.25, 0.3) is 0 Å². The minimum atomic E-state index is -0.166. The molecule has 1 aromatic heterocycles. The van der Waals surface area contributed by atoms with E-state index in [9.17, 15) is 9.59 Å². The quantitative estimate of drug-likeness (QED) is 0.777. The molecule has 22 heavy (non-hydrogen) atoms. The van der Waals surface area contributed by atoms with Crippen LogP contribution in [0.1, 0.15) is 48.2 Å². The van der Waals surface area contributed by atoms with E-state index in [-0.39, 0.29) is 30.8 Å². The van der Waals surface area contributed by atoms with Crippen LogP contribution in [0, 0.1) is 0 Å². The molecule has 6 nitrogen and oxygen atoms in total. The van der Waals surface area contributed by atoms with Crippen LogP contribution in [0.15, 0.2) is 16.7 Å². The summed E-state index contributed by atoms with van der Waals surface area (Å²) in [4.78, 5) is 25.6. The Bertz CT molecular complexity index is 490. The fraction of sp³-hybridized carbons (Fsp3) is 0.600. The van der Waals surface area contributed by atoms with E-state index in [4.69, 9.17) is 10.2 Å². The molecule has 2 rings (SSSR count). The monoisotopic (exact) mass is 329 g/mol. The Morgan fingerprint density at radius 2 is 2.18 bits per heavy atom. The van der Waals surface area contributed by atoms with Crippen LogP contribution in [0.3, 0.4) is 0 Å². The second kappa shape index (κ2) is 9.48. The third kappa shape index (κ3) is 5.35. The number of carbonyl (C=O) groups excluding carboxylic acids is 2. The van der Waals surface area contributed by atoms with Crippen LogP contribution in [-0.4, -0.2) is 36.3 Å². The Kier molecular flexibility index (Phi) is 7.98. The number of hydrogen-bond donors (Lipinski definition) is 2. The largest absolute Gasteiger partial charge is 0.467 e. The molecule has 1 aliphatic rings. The first-order valence-electron chi connectivity index (χ1n) is 7.54. The molecule has 0 aliphatic carbocycles. The van der Waals surface area contributed by atoms with Crippen molar-refractivity contribution in [2.45, 2.75) is 38.6 Å². The lowest BCUT2D eigenvalue weighted by atomic mass is 10.2. The van der Waals surface area contributed by atoms with Gasteiger partial charge in [0.2, 0.25) is 5.91 Å². The van der Waals surface area contributed by atoms with Crippen molar-refractivity contribution in [2.75, 3.05) is 19.6 Å². The van der Waals surface area contributed by atoms with Crippen LogP contribution in [-0.2, 0) is 11.3 Å². The summed E-state index contributed by atoms with van der Waals surface area (Å²) in [5, 5.41) is 2.83. The van der Waals surface area contributed by atoms with Gasteiger partial charge in [-0.15, -0.1) is 12.4 Å². The number of nitrogens with one attached hydrogen (secondary N) is 1. The van der Waals surface area contributed by atoms with Gasteiger partial charge in [-0.25, -0.2) is 0 Å². The molecule has 2 heterocycles. The van der Waals surface area contributed by atoms with Crippen molar-refractivity contribution < 1.29 is 14.0 Å². The molecule has 0 atom stereocenters. The molecule has 124 valence electrons. The van der Waals surface area contributed by atoms with Gasteiger partial charge >= 0.3 is 0 Å². The van der Waals surface area contributed by atoms with Crippen molar-refractivity contribution in [3.8, 4) is 0 Å². The predicted molar refractivity (Wildman–Crippen MR) is 85.8 cm³/mol. The summed E-state index contributed by atoms with van der Waals surface area (Å²) < 4.78 is 5.13. The Balaban J connectivity index is 0.00000242. The Hall–Kier alpha value is -1.53. The number of hydrogen-bond acceptors (Lipinski definition) is 4. The number of furan rings is 1. The number of carbonyl (C=O) groups is 2. The van der Waals surface area contributed by atoms with Crippen molar-refractivity contribution in [1.82, 2.24) is 10.2 Å². The molecular formula is C15H24ClN3O3.